The van der Waals surface area contributed by atoms with Crippen LogP contribution in [-0.4, -0.2) is 32.4 Å². The van der Waals surface area contributed by atoms with Gasteiger partial charge in [0.05, 0.1) is 5.76 Å². The number of allylic oxidation sites excluding steroid dienone is 4. The Labute approximate surface area is 127 Å². The number of aromatic hydroxyl groups is 1. The fourth-order valence-corrected chi connectivity index (χ4v) is 2.02. The number of phenolic OH excluding ortho intramolecular Hbond substituents is 1. The second-order valence-electron chi connectivity index (χ2n) is 4.54. The largest absolute Gasteiger partial charge is 0.513 e. The molecule has 0 amide bonds. The zero-order chi connectivity index (χ0) is 16.9. The van der Waals surface area contributed by atoms with E-state index >= 15 is 0 Å². The molecule has 22 heavy (non-hydrogen) atoms. The maximum atomic E-state index is 11.8. The van der Waals surface area contributed by atoms with Crippen LogP contribution in [-0.2, 0) is 15.0 Å². The lowest BCUT2D eigenvalue weighted by atomic mass is 9.73. The smallest absolute Gasteiger partial charge is 0.330 e. The first-order valence-electron chi connectivity index (χ1n) is 6.23. The topological polar surface area (TPSA) is 115 Å². The highest BCUT2D eigenvalue weighted by Crippen LogP contribution is 2.35. The van der Waals surface area contributed by atoms with Crippen LogP contribution in [0.3, 0.4) is 0 Å². The number of carboxylic acids is 2. The third-order valence-electron chi connectivity index (χ3n) is 3.10. The minimum Gasteiger partial charge on any atom is -0.513 e. The molecule has 0 aliphatic heterocycles. The van der Waals surface area contributed by atoms with Crippen molar-refractivity contribution >= 4 is 11.9 Å². The van der Waals surface area contributed by atoms with Gasteiger partial charge in [-0.05, 0) is 36.3 Å². The van der Waals surface area contributed by atoms with Gasteiger partial charge < -0.3 is 20.4 Å². The SMILES string of the molecule is C=C/C(=C\C=C(/C)O)C(C(=O)O)(C(=O)O)c1ccc(O)cc1. The number of rotatable bonds is 6. The fraction of sp³-hybridized carbons (Fsp3) is 0.125. The summed E-state index contributed by atoms with van der Waals surface area (Å²) in [5.41, 5.74) is -2.59. The number of hydrogen-bond donors (Lipinski definition) is 4. The van der Waals surface area contributed by atoms with Gasteiger partial charge in [0.25, 0.3) is 0 Å². The van der Waals surface area contributed by atoms with Crippen molar-refractivity contribution in [2.75, 3.05) is 0 Å². The number of carboxylic acid groups (broad SMARTS) is 2. The van der Waals surface area contributed by atoms with E-state index in [1.807, 2.05) is 0 Å². The van der Waals surface area contributed by atoms with Crippen LogP contribution >= 0.6 is 0 Å². The van der Waals surface area contributed by atoms with Gasteiger partial charge in [0.1, 0.15) is 5.75 Å². The summed E-state index contributed by atoms with van der Waals surface area (Å²) in [6, 6.07) is 4.82. The zero-order valence-electron chi connectivity index (χ0n) is 11.9. The molecule has 6 heteroatoms. The van der Waals surface area contributed by atoms with Gasteiger partial charge in [-0.25, -0.2) is 0 Å². The Hall–Kier alpha value is -3.02. The zero-order valence-corrected chi connectivity index (χ0v) is 11.9. The Morgan fingerprint density at radius 3 is 1.91 bits per heavy atom. The molecule has 0 radical (unpaired) electrons. The van der Waals surface area contributed by atoms with Gasteiger partial charge >= 0.3 is 11.9 Å². The molecule has 1 rings (SSSR count). The number of aliphatic hydroxyl groups excluding tert-OH is 1. The number of aliphatic carboxylic acids is 2. The molecule has 0 aromatic heterocycles. The van der Waals surface area contributed by atoms with Gasteiger partial charge in [-0.1, -0.05) is 30.9 Å². The van der Waals surface area contributed by atoms with Gasteiger partial charge in [-0.3, -0.25) is 9.59 Å². The van der Waals surface area contributed by atoms with E-state index in [9.17, 15) is 30.0 Å². The lowest BCUT2D eigenvalue weighted by Gasteiger charge is -2.26. The van der Waals surface area contributed by atoms with Crippen molar-refractivity contribution in [3.05, 3.63) is 66.0 Å². The Kier molecular flexibility index (Phi) is 5.13. The van der Waals surface area contributed by atoms with E-state index in [1.165, 1.54) is 43.3 Å². The molecule has 1 aromatic rings. The first-order valence-corrected chi connectivity index (χ1v) is 6.23. The van der Waals surface area contributed by atoms with Crippen LogP contribution in [0.4, 0.5) is 0 Å². The highest BCUT2D eigenvalue weighted by Gasteiger charge is 2.50. The molecule has 0 saturated heterocycles. The van der Waals surface area contributed by atoms with Crippen LogP contribution in [0.25, 0.3) is 0 Å². The molecular formula is C16H16O6. The molecule has 116 valence electrons. The molecule has 0 aliphatic rings. The summed E-state index contributed by atoms with van der Waals surface area (Å²) < 4.78 is 0. The molecule has 0 fully saturated rings. The standard InChI is InChI=1S/C16H16O6/c1-3-11(5-4-10(2)17)16(14(19)20,15(21)22)12-6-8-13(18)9-7-12/h3-9,17-18H,1H2,2H3,(H,19,20)(H,21,22)/b10-4+,11-5+. The van der Waals surface area contributed by atoms with Gasteiger partial charge in [0.15, 0.2) is 0 Å². The quantitative estimate of drug-likeness (QED) is 0.364. The molecule has 0 unspecified atom stereocenters. The molecule has 0 spiro atoms. The molecule has 0 atom stereocenters. The Morgan fingerprint density at radius 1 is 1.05 bits per heavy atom. The van der Waals surface area contributed by atoms with E-state index in [-0.39, 0.29) is 22.6 Å². The first kappa shape index (κ1) is 17.0. The van der Waals surface area contributed by atoms with Crippen LogP contribution in [0.5, 0.6) is 5.75 Å². The summed E-state index contributed by atoms with van der Waals surface area (Å²) in [5.74, 6) is -3.46. The lowest BCUT2D eigenvalue weighted by molar-refractivity contribution is -0.155. The molecular weight excluding hydrogens is 288 g/mol. The Balaban J connectivity index is 3.72. The Bertz CT molecular complexity index is 634. The van der Waals surface area contributed by atoms with Crippen molar-refractivity contribution in [2.45, 2.75) is 12.3 Å². The normalized spacial score (nSPS) is 12.8. The third-order valence-corrected chi connectivity index (χ3v) is 3.10. The van der Waals surface area contributed by atoms with Crippen molar-refractivity contribution in [3.63, 3.8) is 0 Å². The summed E-state index contributed by atoms with van der Waals surface area (Å²) in [6.07, 6.45) is 3.46. The average Bonchev–Trinajstić information content (AvgIpc) is 2.43. The molecule has 0 saturated carbocycles. The van der Waals surface area contributed by atoms with E-state index in [1.54, 1.807) is 0 Å². The number of carbonyl (C=O) groups is 2. The fourth-order valence-electron chi connectivity index (χ4n) is 2.02. The number of benzene rings is 1. The lowest BCUT2D eigenvalue weighted by Crippen LogP contribution is -2.45. The predicted molar refractivity (Wildman–Crippen MR) is 79.7 cm³/mol. The summed E-state index contributed by atoms with van der Waals surface area (Å²) in [5, 5.41) is 37.6. The van der Waals surface area contributed by atoms with Crippen molar-refractivity contribution < 1.29 is 30.0 Å². The Morgan fingerprint density at radius 2 is 1.55 bits per heavy atom. The molecule has 0 aliphatic carbocycles. The predicted octanol–water partition coefficient (Wildman–Crippen LogP) is 2.37. The van der Waals surface area contributed by atoms with E-state index in [4.69, 9.17) is 0 Å². The summed E-state index contributed by atoms with van der Waals surface area (Å²) in [6.45, 7) is 4.82. The highest BCUT2D eigenvalue weighted by atomic mass is 16.4. The number of hydrogen-bond acceptors (Lipinski definition) is 4. The van der Waals surface area contributed by atoms with Crippen LogP contribution in [0.2, 0.25) is 0 Å². The van der Waals surface area contributed by atoms with Crippen LogP contribution in [0.15, 0.2) is 60.4 Å². The van der Waals surface area contributed by atoms with Gasteiger partial charge in [-0.2, -0.15) is 0 Å². The second-order valence-corrected chi connectivity index (χ2v) is 4.54. The van der Waals surface area contributed by atoms with Crippen molar-refractivity contribution in [3.8, 4) is 5.75 Å². The van der Waals surface area contributed by atoms with E-state index in [0.29, 0.717) is 0 Å². The van der Waals surface area contributed by atoms with Crippen molar-refractivity contribution in [1.82, 2.24) is 0 Å². The van der Waals surface area contributed by atoms with E-state index < -0.39 is 17.4 Å². The molecule has 6 nitrogen and oxygen atoms in total. The summed E-state index contributed by atoms with van der Waals surface area (Å²) >= 11 is 0. The van der Waals surface area contributed by atoms with Gasteiger partial charge in [0, 0.05) is 0 Å². The summed E-state index contributed by atoms with van der Waals surface area (Å²) in [4.78, 5) is 23.6. The highest BCUT2D eigenvalue weighted by molar-refractivity contribution is 6.09. The van der Waals surface area contributed by atoms with Gasteiger partial charge in [0.2, 0.25) is 5.41 Å². The van der Waals surface area contributed by atoms with E-state index in [0.717, 1.165) is 6.08 Å². The summed E-state index contributed by atoms with van der Waals surface area (Å²) in [7, 11) is 0. The van der Waals surface area contributed by atoms with Crippen LogP contribution in [0, 0.1) is 0 Å². The van der Waals surface area contributed by atoms with E-state index in [2.05, 4.69) is 6.58 Å². The maximum Gasteiger partial charge on any atom is 0.330 e. The minimum atomic E-state index is -2.40. The van der Waals surface area contributed by atoms with Gasteiger partial charge in [-0.15, -0.1) is 0 Å². The molecule has 4 N–H and O–H groups in total. The number of phenols is 1. The van der Waals surface area contributed by atoms with Crippen LogP contribution < -0.4 is 0 Å². The number of aliphatic hydroxyl groups is 1. The maximum absolute atomic E-state index is 11.8. The third kappa shape index (κ3) is 3.01. The minimum absolute atomic E-state index is 0.0551. The van der Waals surface area contributed by atoms with Crippen LogP contribution in [0.1, 0.15) is 12.5 Å². The molecule has 0 heterocycles. The van der Waals surface area contributed by atoms with Crippen molar-refractivity contribution in [2.24, 2.45) is 0 Å². The first-order chi connectivity index (χ1) is 10.3. The average molecular weight is 304 g/mol. The molecule has 1 aromatic carbocycles. The molecule has 0 bridgehead atoms. The van der Waals surface area contributed by atoms with Crippen molar-refractivity contribution in [1.29, 1.82) is 0 Å². The monoisotopic (exact) mass is 304 g/mol. The second kappa shape index (κ2) is 6.62.